The van der Waals surface area contributed by atoms with E-state index in [9.17, 15) is 9.59 Å². The van der Waals surface area contributed by atoms with E-state index in [0.717, 1.165) is 12.8 Å². The first-order valence-electron chi connectivity index (χ1n) is 9.26. The Labute approximate surface area is 167 Å². The van der Waals surface area contributed by atoms with Gasteiger partial charge >= 0.3 is 5.97 Å². The van der Waals surface area contributed by atoms with Gasteiger partial charge in [-0.1, -0.05) is 19.0 Å². The lowest BCUT2D eigenvalue weighted by molar-refractivity contribution is -0.133. The number of amides is 1. The molecule has 10 nitrogen and oxygen atoms in total. The van der Waals surface area contributed by atoms with Crippen LogP contribution in [0.4, 0.5) is 0 Å². The molecule has 0 spiro atoms. The van der Waals surface area contributed by atoms with Crippen molar-refractivity contribution in [3.05, 3.63) is 35.5 Å². The molecule has 0 radical (unpaired) electrons. The summed E-state index contributed by atoms with van der Waals surface area (Å²) >= 11 is 0. The van der Waals surface area contributed by atoms with Crippen LogP contribution >= 0.6 is 0 Å². The van der Waals surface area contributed by atoms with E-state index in [1.807, 2.05) is 13.8 Å². The number of carboxylic acid groups (broad SMARTS) is 1. The summed E-state index contributed by atoms with van der Waals surface area (Å²) in [5, 5.41) is 24.3. The average Bonchev–Trinajstić information content (AvgIpc) is 3.20. The normalized spacial score (nSPS) is 13.7. The maximum Gasteiger partial charge on any atom is 0.333 e. The van der Waals surface area contributed by atoms with Crippen molar-refractivity contribution in [3.8, 4) is 17.3 Å². The number of nitrogens with one attached hydrogen (secondary N) is 1. The van der Waals surface area contributed by atoms with E-state index in [-0.39, 0.29) is 24.1 Å². The smallest absolute Gasteiger partial charge is 0.333 e. The summed E-state index contributed by atoms with van der Waals surface area (Å²) in [6.07, 6.45) is 4.27. The molecule has 0 aliphatic heterocycles. The van der Waals surface area contributed by atoms with Crippen molar-refractivity contribution in [3.63, 3.8) is 0 Å². The van der Waals surface area contributed by atoms with E-state index in [1.165, 1.54) is 12.3 Å². The van der Waals surface area contributed by atoms with Crippen LogP contribution in [0.25, 0.3) is 11.5 Å². The Morgan fingerprint density at radius 3 is 2.55 bits per heavy atom. The van der Waals surface area contributed by atoms with Gasteiger partial charge in [0.2, 0.25) is 17.6 Å². The second kappa shape index (κ2) is 10.3. The molecular formula is C19H25N5O5. The quantitative estimate of drug-likeness (QED) is 0.583. The van der Waals surface area contributed by atoms with Gasteiger partial charge in [-0.05, 0) is 37.8 Å². The number of allylic oxidation sites excluding steroid dienone is 1. The molecule has 0 saturated heterocycles. The van der Waals surface area contributed by atoms with Crippen molar-refractivity contribution < 1.29 is 24.3 Å². The molecule has 10 heteroatoms. The van der Waals surface area contributed by atoms with Gasteiger partial charge in [0.25, 0.3) is 0 Å². The lowest BCUT2D eigenvalue weighted by atomic mass is 9.96. The number of aromatic nitrogens is 3. The zero-order valence-corrected chi connectivity index (χ0v) is 16.4. The highest BCUT2D eigenvalue weighted by atomic mass is 16.5. The Morgan fingerprint density at radius 2 is 2.00 bits per heavy atom. The summed E-state index contributed by atoms with van der Waals surface area (Å²) in [5.74, 6) is 0.0611. The topological polar surface area (TPSA) is 164 Å². The fraction of sp³-hybridized carbons (Fsp3) is 0.421. The van der Waals surface area contributed by atoms with Gasteiger partial charge in [0.1, 0.15) is 11.4 Å². The molecule has 1 aliphatic carbocycles. The summed E-state index contributed by atoms with van der Waals surface area (Å²) in [6, 6.07) is 3.18. The van der Waals surface area contributed by atoms with Crippen LogP contribution in [0, 0.1) is 0 Å². The molecule has 2 heterocycles. The minimum absolute atomic E-state index is 0.115. The number of pyridine rings is 1. The van der Waals surface area contributed by atoms with Gasteiger partial charge < -0.3 is 25.8 Å². The van der Waals surface area contributed by atoms with Crippen LogP contribution in [0.3, 0.4) is 0 Å². The SMILES string of the molecule is CC(C)c1nc(-c2ccc(O)cn2)no1.NCC(=O)NC1=C(C(=O)O)CCCC1. The summed E-state index contributed by atoms with van der Waals surface area (Å²) in [4.78, 5) is 30.0. The molecule has 0 saturated carbocycles. The third kappa shape index (κ3) is 6.39. The number of nitrogens with two attached hydrogens (primary N) is 1. The number of hydrogen-bond acceptors (Lipinski definition) is 8. The van der Waals surface area contributed by atoms with E-state index >= 15 is 0 Å². The molecule has 2 aromatic heterocycles. The van der Waals surface area contributed by atoms with Crippen LogP contribution in [0.2, 0.25) is 0 Å². The van der Waals surface area contributed by atoms with Gasteiger partial charge in [-0.15, -0.1) is 0 Å². The average molecular weight is 403 g/mol. The highest BCUT2D eigenvalue weighted by Crippen LogP contribution is 2.23. The fourth-order valence-electron chi connectivity index (χ4n) is 2.59. The van der Waals surface area contributed by atoms with Gasteiger partial charge in [0.05, 0.1) is 18.3 Å². The highest BCUT2D eigenvalue weighted by Gasteiger charge is 2.19. The third-order valence-corrected chi connectivity index (χ3v) is 4.11. The number of carbonyl (C=O) groups is 2. The van der Waals surface area contributed by atoms with Crippen LogP contribution in [-0.4, -0.2) is 43.8 Å². The molecule has 1 aliphatic rings. The van der Waals surface area contributed by atoms with Gasteiger partial charge in [-0.2, -0.15) is 4.98 Å². The van der Waals surface area contributed by atoms with E-state index in [0.29, 0.717) is 41.5 Å². The van der Waals surface area contributed by atoms with Crippen LogP contribution < -0.4 is 11.1 Å². The Kier molecular flexibility index (Phi) is 7.84. The first-order chi connectivity index (χ1) is 13.8. The van der Waals surface area contributed by atoms with Gasteiger partial charge in [-0.25, -0.2) is 9.78 Å². The maximum atomic E-state index is 11.0. The van der Waals surface area contributed by atoms with E-state index in [2.05, 4.69) is 20.4 Å². The van der Waals surface area contributed by atoms with Crippen molar-refractivity contribution in [2.45, 2.75) is 45.4 Å². The molecule has 5 N–H and O–H groups in total. The third-order valence-electron chi connectivity index (χ3n) is 4.11. The van der Waals surface area contributed by atoms with Crippen LogP contribution in [0.1, 0.15) is 51.3 Å². The first-order valence-corrected chi connectivity index (χ1v) is 9.26. The number of aliphatic carboxylic acids is 1. The molecule has 156 valence electrons. The predicted molar refractivity (Wildman–Crippen MR) is 104 cm³/mol. The summed E-state index contributed by atoms with van der Waals surface area (Å²) in [7, 11) is 0. The number of nitrogens with zero attached hydrogens (tertiary/aromatic N) is 3. The summed E-state index contributed by atoms with van der Waals surface area (Å²) in [5.41, 5.74) is 6.56. The Hall–Kier alpha value is -3.27. The zero-order chi connectivity index (χ0) is 21.4. The van der Waals surface area contributed by atoms with Crippen LogP contribution in [-0.2, 0) is 9.59 Å². The Balaban J connectivity index is 0.000000208. The molecule has 1 amide bonds. The van der Waals surface area contributed by atoms with E-state index in [4.69, 9.17) is 20.5 Å². The molecule has 29 heavy (non-hydrogen) atoms. The second-order valence-electron chi connectivity index (χ2n) is 6.73. The molecule has 0 fully saturated rings. The van der Waals surface area contributed by atoms with Crippen molar-refractivity contribution in [2.75, 3.05) is 6.54 Å². The molecule has 0 unspecified atom stereocenters. The van der Waals surface area contributed by atoms with Crippen LogP contribution in [0.15, 0.2) is 34.1 Å². The number of hydrogen-bond donors (Lipinski definition) is 4. The first kappa shape index (κ1) is 22.0. The molecule has 2 aromatic rings. The van der Waals surface area contributed by atoms with Crippen molar-refractivity contribution >= 4 is 11.9 Å². The lowest BCUT2D eigenvalue weighted by Gasteiger charge is -2.17. The summed E-state index contributed by atoms with van der Waals surface area (Å²) < 4.78 is 5.05. The molecule has 0 aromatic carbocycles. The second-order valence-corrected chi connectivity index (χ2v) is 6.73. The minimum atomic E-state index is -0.947. The van der Waals surface area contributed by atoms with E-state index < -0.39 is 5.97 Å². The monoisotopic (exact) mass is 403 g/mol. The van der Waals surface area contributed by atoms with Crippen molar-refractivity contribution in [1.82, 2.24) is 20.4 Å². The maximum absolute atomic E-state index is 11.0. The van der Waals surface area contributed by atoms with Crippen molar-refractivity contribution in [2.24, 2.45) is 5.73 Å². The zero-order valence-electron chi connectivity index (χ0n) is 16.4. The number of carbonyl (C=O) groups excluding carboxylic acids is 1. The number of aromatic hydroxyl groups is 1. The number of carboxylic acids is 1. The van der Waals surface area contributed by atoms with Crippen molar-refractivity contribution in [1.29, 1.82) is 0 Å². The standard InChI is InChI=1S/C10H11N3O2.C9H14N2O3/c1-6(2)10-12-9(13-15-10)8-4-3-7(14)5-11-8;10-5-8(12)11-7-4-2-1-3-6(7)9(13)14/h3-6,14H,1-2H3;1-5,10H2,(H,11,12)(H,13,14). The Morgan fingerprint density at radius 1 is 1.28 bits per heavy atom. The van der Waals surface area contributed by atoms with Gasteiger partial charge in [0, 0.05) is 11.6 Å². The highest BCUT2D eigenvalue weighted by molar-refractivity contribution is 5.89. The molecule has 0 atom stereocenters. The van der Waals surface area contributed by atoms with E-state index in [1.54, 1.807) is 6.07 Å². The van der Waals surface area contributed by atoms with Gasteiger partial charge in [0.15, 0.2) is 0 Å². The van der Waals surface area contributed by atoms with Gasteiger partial charge in [-0.3, -0.25) is 4.79 Å². The van der Waals surface area contributed by atoms with Crippen LogP contribution in [0.5, 0.6) is 5.75 Å². The fourth-order valence-corrected chi connectivity index (χ4v) is 2.59. The minimum Gasteiger partial charge on any atom is -0.506 e. The molecular weight excluding hydrogens is 378 g/mol. The Bertz CT molecular complexity index is 873. The number of rotatable bonds is 5. The lowest BCUT2D eigenvalue weighted by Crippen LogP contribution is -2.32. The molecule has 0 bridgehead atoms. The molecule has 3 rings (SSSR count). The largest absolute Gasteiger partial charge is 0.506 e. The predicted octanol–water partition coefficient (Wildman–Crippen LogP) is 1.93. The summed E-state index contributed by atoms with van der Waals surface area (Å²) in [6.45, 7) is 3.83.